The molecule has 0 radical (unpaired) electrons. The number of benzene rings is 1. The van der Waals surface area contributed by atoms with Crippen molar-refractivity contribution < 1.29 is 4.52 Å². The van der Waals surface area contributed by atoms with Crippen LogP contribution in [-0.2, 0) is 13.1 Å². The lowest BCUT2D eigenvalue weighted by Gasteiger charge is -2.15. The monoisotopic (exact) mass is 345 g/mol. The van der Waals surface area contributed by atoms with E-state index in [4.69, 9.17) is 4.52 Å². The number of aromatic nitrogens is 4. The fourth-order valence-electron chi connectivity index (χ4n) is 2.86. The topological polar surface area (TPSA) is 60.0 Å². The van der Waals surface area contributed by atoms with Gasteiger partial charge in [0.05, 0.1) is 12.9 Å². The summed E-state index contributed by atoms with van der Waals surface area (Å²) in [6.07, 6.45) is 9.04. The van der Waals surface area contributed by atoms with Crippen molar-refractivity contribution in [2.45, 2.75) is 13.1 Å². The molecule has 4 rings (SSSR count). The minimum absolute atomic E-state index is 0.691. The Balaban J connectivity index is 1.38. The fourth-order valence-corrected chi connectivity index (χ4v) is 2.86. The van der Waals surface area contributed by atoms with Crippen LogP contribution < -0.4 is 0 Å². The van der Waals surface area contributed by atoms with Crippen molar-refractivity contribution in [3.63, 3.8) is 0 Å². The Morgan fingerprint density at radius 2 is 1.92 bits per heavy atom. The molecule has 0 N–H and O–H groups in total. The fraction of sp³-hybridized carbons (Fsp3) is 0.150. The Bertz CT molecular complexity index is 946. The molecule has 0 unspecified atom stereocenters. The molecule has 0 aliphatic heterocycles. The quantitative estimate of drug-likeness (QED) is 0.535. The maximum absolute atomic E-state index is 5.47. The Hall–Kier alpha value is -3.25. The van der Waals surface area contributed by atoms with E-state index in [1.807, 2.05) is 29.0 Å². The first-order valence-electron chi connectivity index (χ1n) is 8.40. The first-order chi connectivity index (χ1) is 12.8. The first-order valence-corrected chi connectivity index (χ1v) is 8.40. The van der Waals surface area contributed by atoms with Gasteiger partial charge in [0, 0.05) is 48.6 Å². The predicted octanol–water partition coefficient (Wildman–Crippen LogP) is 3.55. The van der Waals surface area contributed by atoms with E-state index < -0.39 is 0 Å². The Morgan fingerprint density at radius 1 is 1.04 bits per heavy atom. The highest BCUT2D eigenvalue weighted by molar-refractivity contribution is 5.57. The van der Waals surface area contributed by atoms with E-state index in [-0.39, 0.29) is 0 Å². The number of hydrogen-bond donors (Lipinski definition) is 0. The molecule has 0 saturated heterocycles. The van der Waals surface area contributed by atoms with Crippen molar-refractivity contribution in [1.29, 1.82) is 0 Å². The molecule has 4 aromatic rings. The van der Waals surface area contributed by atoms with Crippen molar-refractivity contribution in [1.82, 2.24) is 24.6 Å². The minimum Gasteiger partial charge on any atom is -0.359 e. The second kappa shape index (κ2) is 7.33. The summed E-state index contributed by atoms with van der Waals surface area (Å²) in [5, 5.41) is 4.14. The van der Waals surface area contributed by atoms with E-state index in [1.54, 1.807) is 24.9 Å². The highest BCUT2D eigenvalue weighted by Gasteiger charge is 2.09. The molecule has 0 atom stereocenters. The van der Waals surface area contributed by atoms with Gasteiger partial charge in [0.15, 0.2) is 5.76 Å². The van der Waals surface area contributed by atoms with Crippen molar-refractivity contribution in [2.75, 3.05) is 7.05 Å². The third-order valence-electron chi connectivity index (χ3n) is 4.13. The number of pyridine rings is 1. The van der Waals surface area contributed by atoms with Gasteiger partial charge in [-0.25, -0.2) is 4.98 Å². The average molecular weight is 345 g/mol. The predicted molar refractivity (Wildman–Crippen MR) is 98.5 cm³/mol. The van der Waals surface area contributed by atoms with Gasteiger partial charge in [-0.15, -0.1) is 0 Å². The van der Waals surface area contributed by atoms with Crippen LogP contribution in [0, 0.1) is 0 Å². The molecule has 0 fully saturated rings. The number of nitrogens with zero attached hydrogens (tertiary/aromatic N) is 5. The van der Waals surface area contributed by atoms with Crippen molar-refractivity contribution >= 4 is 0 Å². The van der Waals surface area contributed by atoms with E-state index in [9.17, 15) is 0 Å². The number of hydrogen-bond acceptors (Lipinski definition) is 5. The Morgan fingerprint density at radius 3 is 2.65 bits per heavy atom. The van der Waals surface area contributed by atoms with Crippen molar-refractivity contribution in [2.24, 2.45) is 0 Å². The van der Waals surface area contributed by atoms with Crippen LogP contribution in [0.4, 0.5) is 0 Å². The smallest absolute Gasteiger partial charge is 0.151 e. The average Bonchev–Trinajstić information content (AvgIpc) is 3.35. The summed E-state index contributed by atoms with van der Waals surface area (Å²) >= 11 is 0. The van der Waals surface area contributed by atoms with E-state index in [0.29, 0.717) is 6.54 Å². The van der Waals surface area contributed by atoms with Gasteiger partial charge in [-0.3, -0.25) is 9.88 Å². The van der Waals surface area contributed by atoms with Crippen LogP contribution in [0.15, 0.2) is 78.1 Å². The van der Waals surface area contributed by atoms with Crippen molar-refractivity contribution in [3.8, 4) is 16.9 Å². The lowest BCUT2D eigenvalue weighted by Crippen LogP contribution is -2.16. The van der Waals surface area contributed by atoms with E-state index in [2.05, 4.69) is 51.3 Å². The van der Waals surface area contributed by atoms with Gasteiger partial charge in [0.25, 0.3) is 0 Å². The molecule has 26 heavy (non-hydrogen) atoms. The minimum atomic E-state index is 0.691. The van der Waals surface area contributed by atoms with Crippen LogP contribution in [-0.4, -0.2) is 31.6 Å². The molecule has 1 aromatic carbocycles. The molecule has 0 saturated carbocycles. The zero-order chi connectivity index (χ0) is 17.8. The van der Waals surface area contributed by atoms with Gasteiger partial charge < -0.3 is 9.09 Å². The summed E-state index contributed by atoms with van der Waals surface area (Å²) in [6, 6.07) is 14.3. The lowest BCUT2D eigenvalue weighted by molar-refractivity contribution is 0.267. The summed E-state index contributed by atoms with van der Waals surface area (Å²) in [6.45, 7) is 1.52. The first kappa shape index (κ1) is 16.2. The summed E-state index contributed by atoms with van der Waals surface area (Å²) in [5.74, 6) is 0.835. The molecule has 6 heteroatoms. The van der Waals surface area contributed by atoms with Gasteiger partial charge in [0.1, 0.15) is 5.69 Å². The summed E-state index contributed by atoms with van der Waals surface area (Å²) in [7, 11) is 2.07. The van der Waals surface area contributed by atoms with Gasteiger partial charge >= 0.3 is 0 Å². The second-order valence-electron chi connectivity index (χ2n) is 6.23. The third kappa shape index (κ3) is 3.70. The van der Waals surface area contributed by atoms with Crippen LogP contribution in [0.1, 0.15) is 11.3 Å². The molecule has 0 aliphatic rings. The third-order valence-corrected chi connectivity index (χ3v) is 4.13. The molecule has 130 valence electrons. The van der Waals surface area contributed by atoms with Gasteiger partial charge in [-0.1, -0.05) is 17.3 Å². The summed E-state index contributed by atoms with van der Waals surface area (Å²) < 4.78 is 7.45. The second-order valence-corrected chi connectivity index (χ2v) is 6.23. The molecule has 6 nitrogen and oxygen atoms in total. The molecule has 3 aromatic heterocycles. The molecule has 3 heterocycles. The summed E-state index contributed by atoms with van der Waals surface area (Å²) in [4.78, 5) is 10.4. The highest BCUT2D eigenvalue weighted by atomic mass is 16.5. The lowest BCUT2D eigenvalue weighted by atomic mass is 10.2. The van der Waals surface area contributed by atoms with E-state index in [0.717, 1.165) is 29.2 Å². The van der Waals surface area contributed by atoms with Crippen molar-refractivity contribution in [3.05, 3.63) is 84.9 Å². The maximum Gasteiger partial charge on any atom is 0.151 e. The van der Waals surface area contributed by atoms with Gasteiger partial charge in [-0.2, -0.15) is 0 Å². The zero-order valence-corrected chi connectivity index (χ0v) is 14.5. The van der Waals surface area contributed by atoms with Crippen LogP contribution in [0.5, 0.6) is 0 Å². The largest absolute Gasteiger partial charge is 0.359 e. The number of rotatable bonds is 6. The van der Waals surface area contributed by atoms with E-state index in [1.165, 1.54) is 5.56 Å². The Kier molecular flexibility index (Phi) is 4.57. The summed E-state index contributed by atoms with van der Waals surface area (Å²) in [5.41, 5.74) is 4.11. The van der Waals surface area contributed by atoms with Crippen LogP contribution >= 0.6 is 0 Å². The van der Waals surface area contributed by atoms with Gasteiger partial charge in [-0.05, 0) is 36.9 Å². The molecule has 0 bridgehead atoms. The molecule has 0 amide bonds. The van der Waals surface area contributed by atoms with Gasteiger partial charge in [0.2, 0.25) is 0 Å². The molecular weight excluding hydrogens is 326 g/mol. The maximum atomic E-state index is 5.47. The van der Waals surface area contributed by atoms with Crippen LogP contribution in [0.3, 0.4) is 0 Å². The number of imidazole rings is 1. The standard InChI is InChI=1S/C20H19N5O/c1-24(13-16-4-6-18(7-5-16)25-10-9-22-15-25)14-19-11-20(23-26-19)17-3-2-8-21-12-17/h2-12,15H,13-14H2,1H3. The highest BCUT2D eigenvalue weighted by Crippen LogP contribution is 2.19. The SMILES string of the molecule is CN(Cc1ccc(-n2ccnc2)cc1)Cc1cc(-c2cccnc2)no1. The zero-order valence-electron chi connectivity index (χ0n) is 14.5. The molecule has 0 spiro atoms. The van der Waals surface area contributed by atoms with Crippen LogP contribution in [0.2, 0.25) is 0 Å². The normalized spacial score (nSPS) is 11.2. The van der Waals surface area contributed by atoms with E-state index >= 15 is 0 Å². The Labute approximate surface area is 151 Å². The molecular formula is C20H19N5O. The van der Waals surface area contributed by atoms with Crippen LogP contribution in [0.25, 0.3) is 16.9 Å². The molecule has 0 aliphatic carbocycles.